The van der Waals surface area contributed by atoms with Gasteiger partial charge in [0.15, 0.2) is 0 Å². The third-order valence-corrected chi connectivity index (χ3v) is 1.83. The van der Waals surface area contributed by atoms with Gasteiger partial charge < -0.3 is 0 Å². The molecule has 0 atom stereocenters. The molecule has 0 saturated carbocycles. The number of hydrogen-bond acceptors (Lipinski definition) is 1. The largest absolute Gasteiger partial charge is 0.257 e. The first kappa shape index (κ1) is 10.5. The molecule has 1 rings (SSSR count). The molecule has 0 bridgehead atoms. The van der Waals surface area contributed by atoms with E-state index in [1.807, 2.05) is 55.6 Å². The molecule has 14 heavy (non-hydrogen) atoms. The molecule has 0 radical (unpaired) electrons. The van der Waals surface area contributed by atoms with Crippen LogP contribution in [-0.4, -0.2) is 4.98 Å². The van der Waals surface area contributed by atoms with Crippen molar-refractivity contribution in [3.05, 3.63) is 60.5 Å². The van der Waals surface area contributed by atoms with Crippen LogP contribution in [0.5, 0.6) is 0 Å². The Morgan fingerprint density at radius 1 is 1.21 bits per heavy atom. The van der Waals surface area contributed by atoms with E-state index in [1.165, 1.54) is 5.57 Å². The standard InChI is InChI=1S/C13H15N/c1-3-4-5-6-9-12(2)13-10-7-8-11-14-13/h3-11H,1-2H3/b4-3-,6-5-,12-9+. The number of hydrogen-bond donors (Lipinski definition) is 0. The highest BCUT2D eigenvalue weighted by molar-refractivity contribution is 5.61. The molecule has 0 saturated heterocycles. The maximum atomic E-state index is 4.26. The summed E-state index contributed by atoms with van der Waals surface area (Å²) in [5, 5.41) is 0. The summed E-state index contributed by atoms with van der Waals surface area (Å²) in [6.07, 6.45) is 11.9. The molecule has 0 fully saturated rings. The fourth-order valence-electron chi connectivity index (χ4n) is 1.06. The van der Waals surface area contributed by atoms with Crippen LogP contribution in [0.4, 0.5) is 0 Å². The molecule has 0 aliphatic carbocycles. The van der Waals surface area contributed by atoms with Crippen molar-refractivity contribution in [2.45, 2.75) is 13.8 Å². The Bertz CT molecular complexity index is 345. The fourth-order valence-corrected chi connectivity index (χ4v) is 1.06. The molecule has 0 unspecified atom stereocenters. The Morgan fingerprint density at radius 3 is 2.71 bits per heavy atom. The van der Waals surface area contributed by atoms with Crippen molar-refractivity contribution in [2.75, 3.05) is 0 Å². The molecule has 1 heterocycles. The van der Waals surface area contributed by atoms with E-state index >= 15 is 0 Å². The number of allylic oxidation sites excluding steroid dienone is 6. The van der Waals surface area contributed by atoms with Gasteiger partial charge in [0.2, 0.25) is 0 Å². The third-order valence-electron chi connectivity index (χ3n) is 1.83. The topological polar surface area (TPSA) is 12.9 Å². The van der Waals surface area contributed by atoms with Gasteiger partial charge in [0.1, 0.15) is 0 Å². The van der Waals surface area contributed by atoms with E-state index in [0.717, 1.165) is 5.69 Å². The molecular weight excluding hydrogens is 170 g/mol. The number of rotatable bonds is 3. The Labute approximate surface area is 85.5 Å². The second kappa shape index (κ2) is 5.92. The summed E-state index contributed by atoms with van der Waals surface area (Å²) in [6.45, 7) is 4.06. The van der Waals surface area contributed by atoms with E-state index < -0.39 is 0 Å². The van der Waals surface area contributed by atoms with Crippen molar-refractivity contribution in [2.24, 2.45) is 0 Å². The van der Waals surface area contributed by atoms with Crippen molar-refractivity contribution < 1.29 is 0 Å². The second-order valence-electron chi connectivity index (χ2n) is 2.98. The Kier molecular flexibility index (Phi) is 4.42. The summed E-state index contributed by atoms with van der Waals surface area (Å²) in [6, 6.07) is 5.93. The van der Waals surface area contributed by atoms with Crippen LogP contribution >= 0.6 is 0 Å². The molecular formula is C13H15N. The molecule has 72 valence electrons. The Morgan fingerprint density at radius 2 is 2.07 bits per heavy atom. The first-order valence-electron chi connectivity index (χ1n) is 4.72. The highest BCUT2D eigenvalue weighted by Gasteiger charge is 1.91. The van der Waals surface area contributed by atoms with Crippen LogP contribution in [0.1, 0.15) is 19.5 Å². The van der Waals surface area contributed by atoms with Gasteiger partial charge in [0.25, 0.3) is 0 Å². The second-order valence-corrected chi connectivity index (χ2v) is 2.98. The third kappa shape index (κ3) is 3.40. The maximum absolute atomic E-state index is 4.26. The van der Waals surface area contributed by atoms with Crippen molar-refractivity contribution in [3.8, 4) is 0 Å². The lowest BCUT2D eigenvalue weighted by molar-refractivity contribution is 1.27. The fraction of sp³-hybridized carbons (Fsp3) is 0.154. The van der Waals surface area contributed by atoms with Crippen LogP contribution in [0.2, 0.25) is 0 Å². The van der Waals surface area contributed by atoms with Gasteiger partial charge in [0.05, 0.1) is 5.69 Å². The van der Waals surface area contributed by atoms with E-state index in [1.54, 1.807) is 0 Å². The van der Waals surface area contributed by atoms with Crippen LogP contribution in [0, 0.1) is 0 Å². The smallest absolute Gasteiger partial charge is 0.0658 e. The molecule has 0 amide bonds. The van der Waals surface area contributed by atoms with E-state index in [9.17, 15) is 0 Å². The molecule has 0 aliphatic heterocycles. The van der Waals surface area contributed by atoms with Crippen LogP contribution < -0.4 is 0 Å². The molecule has 0 aliphatic rings. The van der Waals surface area contributed by atoms with Gasteiger partial charge in [-0.15, -0.1) is 0 Å². The average molecular weight is 185 g/mol. The zero-order chi connectivity index (χ0) is 10.2. The molecule has 0 spiro atoms. The van der Waals surface area contributed by atoms with E-state index in [4.69, 9.17) is 0 Å². The summed E-state index contributed by atoms with van der Waals surface area (Å²) >= 11 is 0. The molecule has 1 heteroatoms. The molecule has 1 nitrogen and oxygen atoms in total. The number of aromatic nitrogens is 1. The lowest BCUT2D eigenvalue weighted by Gasteiger charge is -1.96. The zero-order valence-electron chi connectivity index (χ0n) is 8.64. The van der Waals surface area contributed by atoms with Gasteiger partial charge in [-0.05, 0) is 31.6 Å². The van der Waals surface area contributed by atoms with Gasteiger partial charge in [-0.2, -0.15) is 0 Å². The molecule has 0 N–H and O–H groups in total. The average Bonchev–Trinajstić information content (AvgIpc) is 2.25. The minimum atomic E-state index is 1.03. The van der Waals surface area contributed by atoms with Crippen LogP contribution in [-0.2, 0) is 0 Å². The van der Waals surface area contributed by atoms with E-state index in [0.29, 0.717) is 0 Å². The molecule has 1 aromatic rings. The quantitative estimate of drug-likeness (QED) is 0.655. The normalized spacial score (nSPS) is 12.9. The lowest BCUT2D eigenvalue weighted by Crippen LogP contribution is -1.82. The predicted octanol–water partition coefficient (Wildman–Crippen LogP) is 3.62. The van der Waals surface area contributed by atoms with Crippen molar-refractivity contribution in [1.82, 2.24) is 4.98 Å². The van der Waals surface area contributed by atoms with Crippen LogP contribution in [0.3, 0.4) is 0 Å². The lowest BCUT2D eigenvalue weighted by atomic mass is 10.2. The van der Waals surface area contributed by atoms with Crippen molar-refractivity contribution in [3.63, 3.8) is 0 Å². The van der Waals surface area contributed by atoms with Crippen LogP contribution in [0.15, 0.2) is 54.8 Å². The SMILES string of the molecule is C\C=C/C=C\C=C(/C)c1ccccn1. The van der Waals surface area contributed by atoms with Crippen molar-refractivity contribution >= 4 is 5.57 Å². The summed E-state index contributed by atoms with van der Waals surface area (Å²) in [5.74, 6) is 0. The maximum Gasteiger partial charge on any atom is 0.0658 e. The Balaban J connectivity index is 2.70. The van der Waals surface area contributed by atoms with Gasteiger partial charge in [0, 0.05) is 6.20 Å². The van der Waals surface area contributed by atoms with Crippen LogP contribution in [0.25, 0.3) is 5.57 Å². The summed E-state index contributed by atoms with van der Waals surface area (Å²) in [5.41, 5.74) is 2.20. The van der Waals surface area contributed by atoms with E-state index in [2.05, 4.69) is 18.0 Å². The minimum Gasteiger partial charge on any atom is -0.257 e. The van der Waals surface area contributed by atoms with Gasteiger partial charge >= 0.3 is 0 Å². The summed E-state index contributed by atoms with van der Waals surface area (Å²) < 4.78 is 0. The highest BCUT2D eigenvalue weighted by Crippen LogP contribution is 2.09. The van der Waals surface area contributed by atoms with Gasteiger partial charge in [-0.1, -0.05) is 36.4 Å². The van der Waals surface area contributed by atoms with E-state index in [-0.39, 0.29) is 0 Å². The predicted molar refractivity (Wildman–Crippen MR) is 61.8 cm³/mol. The van der Waals surface area contributed by atoms with Gasteiger partial charge in [-0.3, -0.25) is 4.98 Å². The first-order valence-corrected chi connectivity index (χ1v) is 4.72. The summed E-state index contributed by atoms with van der Waals surface area (Å²) in [7, 11) is 0. The molecule has 1 aromatic heterocycles. The molecule has 0 aromatic carbocycles. The monoisotopic (exact) mass is 185 g/mol. The Hall–Kier alpha value is -1.63. The minimum absolute atomic E-state index is 1.03. The first-order chi connectivity index (χ1) is 6.84. The number of pyridine rings is 1. The summed E-state index contributed by atoms with van der Waals surface area (Å²) in [4.78, 5) is 4.26. The highest BCUT2D eigenvalue weighted by atomic mass is 14.7. The van der Waals surface area contributed by atoms with Gasteiger partial charge in [-0.25, -0.2) is 0 Å². The zero-order valence-corrected chi connectivity index (χ0v) is 8.64. The number of nitrogens with zero attached hydrogens (tertiary/aromatic N) is 1. The van der Waals surface area contributed by atoms with Crippen molar-refractivity contribution in [1.29, 1.82) is 0 Å².